The molecule has 1 aliphatic rings. The summed E-state index contributed by atoms with van der Waals surface area (Å²) in [6.07, 6.45) is 2.22. The molecule has 0 spiro atoms. The molecule has 2 nitrogen and oxygen atoms in total. The third-order valence-corrected chi connectivity index (χ3v) is 4.66. The average Bonchev–Trinajstić information content (AvgIpc) is 2.47. The van der Waals surface area contributed by atoms with Crippen LogP contribution in [0.2, 0.25) is 0 Å². The lowest BCUT2D eigenvalue weighted by molar-refractivity contribution is 0.120. The van der Waals surface area contributed by atoms with E-state index >= 15 is 0 Å². The fourth-order valence-electron chi connectivity index (χ4n) is 2.85. The van der Waals surface area contributed by atoms with Gasteiger partial charge < -0.3 is 5.32 Å². The minimum Gasteiger partial charge on any atom is -0.311 e. The van der Waals surface area contributed by atoms with Gasteiger partial charge in [0.15, 0.2) is 0 Å². The van der Waals surface area contributed by atoms with E-state index in [1.807, 2.05) is 12.1 Å². The predicted molar refractivity (Wildman–Crippen MR) is 82.4 cm³/mol. The summed E-state index contributed by atoms with van der Waals surface area (Å²) in [6, 6.07) is 8.08. The fourth-order valence-corrected chi connectivity index (χ4v) is 2.85. The van der Waals surface area contributed by atoms with Crippen molar-refractivity contribution in [1.29, 1.82) is 0 Å². The van der Waals surface area contributed by atoms with Gasteiger partial charge in [0.1, 0.15) is 5.82 Å². The molecule has 0 bridgehead atoms. The summed E-state index contributed by atoms with van der Waals surface area (Å²) in [6.45, 7) is 10.1. The topological polar surface area (TPSA) is 15.3 Å². The summed E-state index contributed by atoms with van der Waals surface area (Å²) >= 11 is 0. The van der Waals surface area contributed by atoms with Gasteiger partial charge in [-0.05, 0) is 37.0 Å². The molecule has 0 aromatic heterocycles. The Bertz CT molecular complexity index is 404. The average molecular weight is 278 g/mol. The molecule has 3 atom stereocenters. The first-order valence-corrected chi connectivity index (χ1v) is 7.82. The third kappa shape index (κ3) is 4.03. The smallest absolute Gasteiger partial charge is 0.123 e. The molecule has 3 unspecified atom stereocenters. The van der Waals surface area contributed by atoms with Gasteiger partial charge in [0, 0.05) is 31.7 Å². The Kier molecular flexibility index (Phi) is 5.55. The van der Waals surface area contributed by atoms with E-state index in [9.17, 15) is 4.39 Å². The van der Waals surface area contributed by atoms with Crippen LogP contribution < -0.4 is 5.32 Å². The minimum absolute atomic E-state index is 0.152. The van der Waals surface area contributed by atoms with Crippen molar-refractivity contribution in [3.8, 4) is 0 Å². The van der Waals surface area contributed by atoms with Gasteiger partial charge in [-0.3, -0.25) is 4.90 Å². The second-order valence-electron chi connectivity index (χ2n) is 6.12. The van der Waals surface area contributed by atoms with E-state index in [1.54, 1.807) is 12.1 Å². The number of hydrogen-bond donors (Lipinski definition) is 1. The van der Waals surface area contributed by atoms with Crippen LogP contribution in [0.5, 0.6) is 0 Å². The highest BCUT2D eigenvalue weighted by molar-refractivity contribution is 5.16. The van der Waals surface area contributed by atoms with Crippen LogP contribution >= 0.6 is 0 Å². The van der Waals surface area contributed by atoms with Crippen LogP contribution in [-0.2, 0) is 6.42 Å². The lowest BCUT2D eigenvalue weighted by Crippen LogP contribution is -2.57. The molecule has 1 saturated heterocycles. The van der Waals surface area contributed by atoms with E-state index in [1.165, 1.54) is 12.0 Å². The molecule has 1 aromatic rings. The number of nitrogens with zero attached hydrogens (tertiary/aromatic N) is 1. The molecule has 1 heterocycles. The largest absolute Gasteiger partial charge is 0.311 e. The number of piperazine rings is 1. The number of rotatable bonds is 5. The minimum atomic E-state index is -0.152. The Balaban J connectivity index is 1.88. The Labute approximate surface area is 122 Å². The monoisotopic (exact) mass is 278 g/mol. The van der Waals surface area contributed by atoms with E-state index in [4.69, 9.17) is 0 Å². The molecule has 112 valence electrons. The maximum absolute atomic E-state index is 12.9. The maximum atomic E-state index is 12.9. The summed E-state index contributed by atoms with van der Waals surface area (Å²) in [5.74, 6) is 0.567. The van der Waals surface area contributed by atoms with Gasteiger partial charge in [-0.25, -0.2) is 4.39 Å². The number of nitrogens with one attached hydrogen (secondary N) is 1. The summed E-state index contributed by atoms with van der Waals surface area (Å²) in [5, 5.41) is 3.66. The van der Waals surface area contributed by atoms with E-state index in [0.717, 1.165) is 32.0 Å². The molecule has 1 N–H and O–H groups in total. The van der Waals surface area contributed by atoms with Crippen LogP contribution in [0.3, 0.4) is 0 Å². The SMILES string of the molecule is CCC(C)C1CN(CCc2ccc(F)cc2)C(C)CN1. The molecule has 2 rings (SSSR count). The lowest BCUT2D eigenvalue weighted by atomic mass is 9.95. The van der Waals surface area contributed by atoms with E-state index in [2.05, 4.69) is 31.0 Å². The molecule has 1 aromatic carbocycles. The second kappa shape index (κ2) is 7.19. The van der Waals surface area contributed by atoms with Gasteiger partial charge in [0.25, 0.3) is 0 Å². The molecular weight excluding hydrogens is 251 g/mol. The highest BCUT2D eigenvalue weighted by atomic mass is 19.1. The maximum Gasteiger partial charge on any atom is 0.123 e. The van der Waals surface area contributed by atoms with Gasteiger partial charge in [0.2, 0.25) is 0 Å². The van der Waals surface area contributed by atoms with Crippen LogP contribution in [-0.4, -0.2) is 36.6 Å². The van der Waals surface area contributed by atoms with Crippen LogP contribution in [0, 0.1) is 11.7 Å². The predicted octanol–water partition coefficient (Wildman–Crippen LogP) is 3.08. The molecule has 3 heteroatoms. The van der Waals surface area contributed by atoms with Crippen LogP contribution in [0.15, 0.2) is 24.3 Å². The van der Waals surface area contributed by atoms with Crippen molar-refractivity contribution in [2.45, 2.75) is 45.7 Å². The van der Waals surface area contributed by atoms with E-state index in [0.29, 0.717) is 12.1 Å². The number of hydrogen-bond acceptors (Lipinski definition) is 2. The first-order valence-electron chi connectivity index (χ1n) is 7.82. The van der Waals surface area contributed by atoms with E-state index in [-0.39, 0.29) is 5.82 Å². The van der Waals surface area contributed by atoms with Gasteiger partial charge in [-0.15, -0.1) is 0 Å². The molecule has 0 radical (unpaired) electrons. The fraction of sp³-hybridized carbons (Fsp3) is 0.647. The first-order chi connectivity index (χ1) is 9.60. The summed E-state index contributed by atoms with van der Waals surface area (Å²) in [7, 11) is 0. The molecule has 0 amide bonds. The summed E-state index contributed by atoms with van der Waals surface area (Å²) < 4.78 is 12.9. The van der Waals surface area contributed by atoms with Crippen LogP contribution in [0.4, 0.5) is 4.39 Å². The molecule has 20 heavy (non-hydrogen) atoms. The highest BCUT2D eigenvalue weighted by Crippen LogP contribution is 2.16. The summed E-state index contributed by atoms with van der Waals surface area (Å²) in [4.78, 5) is 2.57. The molecular formula is C17H27FN2. The zero-order valence-electron chi connectivity index (χ0n) is 12.9. The lowest BCUT2D eigenvalue weighted by Gasteiger charge is -2.41. The Morgan fingerprint density at radius 1 is 1.35 bits per heavy atom. The van der Waals surface area contributed by atoms with Crippen molar-refractivity contribution < 1.29 is 4.39 Å². The zero-order chi connectivity index (χ0) is 14.5. The second-order valence-corrected chi connectivity index (χ2v) is 6.12. The van der Waals surface area contributed by atoms with Gasteiger partial charge in [-0.2, -0.15) is 0 Å². The standard InChI is InChI=1S/C17H27FN2/c1-4-13(2)17-12-20(14(3)11-19-17)10-9-15-5-7-16(18)8-6-15/h5-8,13-14,17,19H,4,9-12H2,1-3H3. The van der Waals surface area contributed by atoms with Gasteiger partial charge >= 0.3 is 0 Å². The Morgan fingerprint density at radius 3 is 2.70 bits per heavy atom. The van der Waals surface area contributed by atoms with Crippen molar-refractivity contribution in [3.63, 3.8) is 0 Å². The number of halogens is 1. The highest BCUT2D eigenvalue weighted by Gasteiger charge is 2.27. The molecule has 1 fully saturated rings. The summed E-state index contributed by atoms with van der Waals surface area (Å²) in [5.41, 5.74) is 1.22. The van der Waals surface area contributed by atoms with Gasteiger partial charge in [-0.1, -0.05) is 32.4 Å². The first kappa shape index (κ1) is 15.5. The zero-order valence-corrected chi connectivity index (χ0v) is 12.9. The van der Waals surface area contributed by atoms with Gasteiger partial charge in [0.05, 0.1) is 0 Å². The quantitative estimate of drug-likeness (QED) is 0.890. The third-order valence-electron chi connectivity index (χ3n) is 4.66. The van der Waals surface area contributed by atoms with Crippen LogP contribution in [0.25, 0.3) is 0 Å². The van der Waals surface area contributed by atoms with Crippen molar-refractivity contribution >= 4 is 0 Å². The van der Waals surface area contributed by atoms with Crippen molar-refractivity contribution in [1.82, 2.24) is 10.2 Å². The van der Waals surface area contributed by atoms with Crippen molar-refractivity contribution in [3.05, 3.63) is 35.6 Å². The van der Waals surface area contributed by atoms with Crippen LogP contribution in [0.1, 0.15) is 32.8 Å². The molecule has 0 aliphatic carbocycles. The molecule has 0 saturated carbocycles. The Hall–Kier alpha value is -0.930. The Morgan fingerprint density at radius 2 is 2.05 bits per heavy atom. The van der Waals surface area contributed by atoms with Crippen molar-refractivity contribution in [2.24, 2.45) is 5.92 Å². The van der Waals surface area contributed by atoms with Crippen molar-refractivity contribution in [2.75, 3.05) is 19.6 Å². The number of benzene rings is 1. The molecule has 1 aliphatic heterocycles. The van der Waals surface area contributed by atoms with E-state index < -0.39 is 0 Å². The normalized spacial score (nSPS) is 25.6.